The van der Waals surface area contributed by atoms with Gasteiger partial charge in [0.1, 0.15) is 12.6 Å². The van der Waals surface area contributed by atoms with E-state index in [-0.39, 0.29) is 18.0 Å². The van der Waals surface area contributed by atoms with Crippen LogP contribution in [0.1, 0.15) is 12.5 Å². The van der Waals surface area contributed by atoms with Crippen molar-refractivity contribution in [2.24, 2.45) is 5.73 Å². The van der Waals surface area contributed by atoms with Crippen LogP contribution < -0.4 is 15.8 Å². The van der Waals surface area contributed by atoms with E-state index >= 15 is 0 Å². The van der Waals surface area contributed by atoms with Crippen LogP contribution in [0.15, 0.2) is 18.2 Å². The van der Waals surface area contributed by atoms with Crippen LogP contribution in [-0.4, -0.2) is 30.0 Å². The number of ether oxygens (including phenoxy) is 1. The van der Waals surface area contributed by atoms with E-state index in [1.807, 2.05) is 6.92 Å². The third kappa shape index (κ3) is 4.22. The zero-order chi connectivity index (χ0) is 14.4. The van der Waals surface area contributed by atoms with Gasteiger partial charge in [0.2, 0.25) is 5.91 Å². The molecule has 0 aliphatic carbocycles. The molecule has 0 spiro atoms. The van der Waals surface area contributed by atoms with Crippen LogP contribution >= 0.6 is 0 Å². The fourth-order valence-corrected chi connectivity index (χ4v) is 1.55. The number of carbonyl (C=O) groups excluding carboxylic acids is 1. The lowest BCUT2D eigenvalue weighted by Crippen LogP contribution is -2.45. The summed E-state index contributed by atoms with van der Waals surface area (Å²) in [5, 5.41) is 13.7. The standard InChI is InChI=1S/C12H17N3O4/c1-3-14-9(12(13)16)7-19-11-6-8(2)4-5-10(11)15(17)18/h4-6,9,14H,3,7H2,1-2H3,(H2,13,16). The molecule has 1 atom stereocenters. The average Bonchev–Trinajstić information content (AvgIpc) is 2.33. The normalized spacial score (nSPS) is 11.9. The van der Waals surface area contributed by atoms with Gasteiger partial charge in [0.15, 0.2) is 5.75 Å². The van der Waals surface area contributed by atoms with Gasteiger partial charge in [0, 0.05) is 6.07 Å². The second kappa shape index (κ2) is 6.69. The van der Waals surface area contributed by atoms with E-state index in [1.54, 1.807) is 19.1 Å². The number of carbonyl (C=O) groups is 1. The second-order valence-electron chi connectivity index (χ2n) is 4.05. The molecule has 0 aromatic heterocycles. The number of hydrogen-bond acceptors (Lipinski definition) is 5. The first kappa shape index (κ1) is 14.9. The van der Waals surface area contributed by atoms with Gasteiger partial charge in [-0.1, -0.05) is 13.0 Å². The highest BCUT2D eigenvalue weighted by atomic mass is 16.6. The highest BCUT2D eigenvalue weighted by Gasteiger charge is 2.19. The van der Waals surface area contributed by atoms with Crippen LogP contribution in [0, 0.1) is 17.0 Å². The van der Waals surface area contributed by atoms with Crippen molar-refractivity contribution in [1.82, 2.24) is 5.32 Å². The third-order valence-corrected chi connectivity index (χ3v) is 2.51. The summed E-state index contributed by atoms with van der Waals surface area (Å²) in [6.45, 7) is 4.12. The van der Waals surface area contributed by atoms with Crippen LogP contribution in [0.2, 0.25) is 0 Å². The van der Waals surface area contributed by atoms with Crippen molar-refractivity contribution < 1.29 is 14.5 Å². The van der Waals surface area contributed by atoms with Crippen LogP contribution in [0.25, 0.3) is 0 Å². The van der Waals surface area contributed by atoms with Gasteiger partial charge in [-0.25, -0.2) is 0 Å². The van der Waals surface area contributed by atoms with Gasteiger partial charge in [-0.2, -0.15) is 0 Å². The zero-order valence-electron chi connectivity index (χ0n) is 10.9. The summed E-state index contributed by atoms with van der Waals surface area (Å²) in [5.41, 5.74) is 5.90. The molecule has 1 rings (SSSR count). The van der Waals surface area contributed by atoms with Gasteiger partial charge in [-0.15, -0.1) is 0 Å². The lowest BCUT2D eigenvalue weighted by Gasteiger charge is -2.15. The van der Waals surface area contributed by atoms with Crippen molar-refractivity contribution in [3.63, 3.8) is 0 Å². The predicted molar refractivity (Wildman–Crippen MR) is 70.0 cm³/mol. The number of nitrogens with one attached hydrogen (secondary N) is 1. The maximum absolute atomic E-state index is 11.1. The molecule has 0 saturated heterocycles. The Morgan fingerprint density at radius 3 is 2.79 bits per heavy atom. The maximum Gasteiger partial charge on any atom is 0.310 e. The van der Waals surface area contributed by atoms with Crippen molar-refractivity contribution in [2.45, 2.75) is 19.9 Å². The molecule has 0 heterocycles. The minimum atomic E-state index is -0.676. The number of aryl methyl sites for hydroxylation is 1. The van der Waals surface area contributed by atoms with Crippen molar-refractivity contribution in [3.8, 4) is 5.75 Å². The number of likely N-dealkylation sites (N-methyl/N-ethyl adjacent to an activating group) is 1. The summed E-state index contributed by atoms with van der Waals surface area (Å²) in [6, 6.07) is 3.88. The van der Waals surface area contributed by atoms with E-state index in [0.29, 0.717) is 6.54 Å². The fraction of sp³-hybridized carbons (Fsp3) is 0.417. The predicted octanol–water partition coefficient (Wildman–Crippen LogP) is 0.745. The van der Waals surface area contributed by atoms with Crippen molar-refractivity contribution in [1.29, 1.82) is 0 Å². The molecule has 19 heavy (non-hydrogen) atoms. The van der Waals surface area contributed by atoms with Gasteiger partial charge in [-0.05, 0) is 25.1 Å². The first-order valence-corrected chi connectivity index (χ1v) is 5.86. The molecule has 3 N–H and O–H groups in total. The van der Waals surface area contributed by atoms with E-state index in [1.165, 1.54) is 6.07 Å². The Hall–Kier alpha value is -2.15. The van der Waals surface area contributed by atoms with Gasteiger partial charge < -0.3 is 15.8 Å². The Bertz CT molecular complexity index is 476. The van der Waals surface area contributed by atoms with E-state index < -0.39 is 16.9 Å². The average molecular weight is 267 g/mol. The highest BCUT2D eigenvalue weighted by molar-refractivity contribution is 5.80. The lowest BCUT2D eigenvalue weighted by molar-refractivity contribution is -0.385. The number of nitro benzene ring substituents is 1. The molecule has 1 aromatic carbocycles. The number of amides is 1. The smallest absolute Gasteiger partial charge is 0.310 e. The molecule has 7 heteroatoms. The van der Waals surface area contributed by atoms with E-state index in [4.69, 9.17) is 10.5 Å². The fourth-order valence-electron chi connectivity index (χ4n) is 1.55. The molecule has 1 aromatic rings. The van der Waals surface area contributed by atoms with Crippen LogP contribution in [0.5, 0.6) is 5.75 Å². The van der Waals surface area contributed by atoms with E-state index in [0.717, 1.165) is 5.56 Å². The first-order valence-electron chi connectivity index (χ1n) is 5.86. The Morgan fingerprint density at radius 2 is 2.26 bits per heavy atom. The Kier molecular flexibility index (Phi) is 5.25. The van der Waals surface area contributed by atoms with Crippen molar-refractivity contribution in [2.75, 3.05) is 13.2 Å². The van der Waals surface area contributed by atoms with Gasteiger partial charge in [0.25, 0.3) is 0 Å². The largest absolute Gasteiger partial charge is 0.485 e. The summed E-state index contributed by atoms with van der Waals surface area (Å²) < 4.78 is 5.35. The molecule has 0 aliphatic heterocycles. The minimum Gasteiger partial charge on any atom is -0.485 e. The number of rotatable bonds is 7. The topological polar surface area (TPSA) is 107 Å². The molecule has 0 radical (unpaired) electrons. The number of primary amides is 1. The summed E-state index contributed by atoms with van der Waals surface area (Å²) in [7, 11) is 0. The van der Waals surface area contributed by atoms with Crippen molar-refractivity contribution >= 4 is 11.6 Å². The molecule has 104 valence electrons. The Balaban J connectivity index is 2.83. The molecule has 1 amide bonds. The van der Waals surface area contributed by atoms with Crippen molar-refractivity contribution in [3.05, 3.63) is 33.9 Å². The third-order valence-electron chi connectivity index (χ3n) is 2.51. The number of nitrogens with zero attached hydrogens (tertiary/aromatic N) is 1. The van der Waals surface area contributed by atoms with Gasteiger partial charge >= 0.3 is 5.69 Å². The monoisotopic (exact) mass is 267 g/mol. The van der Waals surface area contributed by atoms with Crippen LogP contribution in [-0.2, 0) is 4.79 Å². The molecule has 0 bridgehead atoms. The SMILES string of the molecule is CCNC(COc1cc(C)ccc1[N+](=O)[O-])C(N)=O. The molecule has 0 aliphatic rings. The highest BCUT2D eigenvalue weighted by Crippen LogP contribution is 2.27. The summed E-state index contributed by atoms with van der Waals surface area (Å²) >= 11 is 0. The zero-order valence-corrected chi connectivity index (χ0v) is 10.9. The Morgan fingerprint density at radius 1 is 1.58 bits per heavy atom. The molecule has 0 fully saturated rings. The summed E-state index contributed by atoms with van der Waals surface area (Å²) in [5.74, 6) is -0.425. The van der Waals surface area contributed by atoms with Gasteiger partial charge in [-0.3, -0.25) is 14.9 Å². The summed E-state index contributed by atoms with van der Waals surface area (Å²) in [4.78, 5) is 21.5. The molecule has 0 saturated carbocycles. The molecule has 7 nitrogen and oxygen atoms in total. The number of benzene rings is 1. The minimum absolute atomic E-state index is 0.0481. The number of nitro groups is 1. The summed E-state index contributed by atoms with van der Waals surface area (Å²) in [6.07, 6.45) is 0. The lowest BCUT2D eigenvalue weighted by atomic mass is 10.2. The Labute approximate surface area is 110 Å². The van der Waals surface area contributed by atoms with Crippen LogP contribution in [0.3, 0.4) is 0 Å². The van der Waals surface area contributed by atoms with Crippen LogP contribution in [0.4, 0.5) is 5.69 Å². The molecule has 1 unspecified atom stereocenters. The maximum atomic E-state index is 11.1. The van der Waals surface area contributed by atoms with Gasteiger partial charge in [0.05, 0.1) is 4.92 Å². The van der Waals surface area contributed by atoms with E-state index in [9.17, 15) is 14.9 Å². The van der Waals surface area contributed by atoms with E-state index in [2.05, 4.69) is 5.32 Å². The number of nitrogens with two attached hydrogens (primary N) is 1. The second-order valence-corrected chi connectivity index (χ2v) is 4.05. The molecular formula is C12H17N3O4. The quantitative estimate of drug-likeness (QED) is 0.559. The molecular weight excluding hydrogens is 250 g/mol. The number of hydrogen-bond donors (Lipinski definition) is 2. The first-order chi connectivity index (χ1) is 8.95.